The molecule has 0 radical (unpaired) electrons. The summed E-state index contributed by atoms with van der Waals surface area (Å²) in [5.74, 6) is 0. The molecule has 0 aliphatic carbocycles. The fourth-order valence-corrected chi connectivity index (χ4v) is 2.17. The van der Waals surface area contributed by atoms with E-state index >= 15 is 0 Å². The molecule has 0 amide bonds. The maximum atomic E-state index is 5.97. The van der Waals surface area contributed by atoms with Gasteiger partial charge in [-0.05, 0) is 37.6 Å². The van der Waals surface area contributed by atoms with Gasteiger partial charge >= 0.3 is 0 Å². The van der Waals surface area contributed by atoms with Gasteiger partial charge in [0.1, 0.15) is 0 Å². The van der Waals surface area contributed by atoms with E-state index in [1.54, 1.807) is 7.11 Å². The molecule has 1 N–H and O–H groups in total. The highest BCUT2D eigenvalue weighted by Gasteiger charge is 2.17. The van der Waals surface area contributed by atoms with Crippen molar-refractivity contribution in [1.82, 2.24) is 5.32 Å². The maximum Gasteiger partial charge on any atom is 0.0724 e. The summed E-state index contributed by atoms with van der Waals surface area (Å²) in [5.41, 5.74) is 1.24. The van der Waals surface area contributed by atoms with E-state index in [1.807, 2.05) is 25.2 Å². The van der Waals surface area contributed by atoms with Gasteiger partial charge in [0.05, 0.1) is 6.10 Å². The molecular weight excluding hydrogens is 222 g/mol. The molecule has 0 saturated heterocycles. The quantitative estimate of drug-likeness (QED) is 0.827. The van der Waals surface area contributed by atoms with Crippen LogP contribution in [0.4, 0.5) is 0 Å². The molecule has 0 aliphatic rings. The van der Waals surface area contributed by atoms with Crippen LogP contribution >= 0.6 is 11.6 Å². The molecule has 2 unspecified atom stereocenters. The van der Waals surface area contributed by atoms with Crippen LogP contribution in [-0.2, 0) is 11.2 Å². The van der Waals surface area contributed by atoms with Gasteiger partial charge in [0.15, 0.2) is 0 Å². The first-order valence-corrected chi connectivity index (χ1v) is 6.03. The van der Waals surface area contributed by atoms with E-state index < -0.39 is 0 Å². The Balaban J connectivity index is 2.69. The molecule has 0 saturated carbocycles. The standard InChI is InChI=1S/C13H20ClNO/c1-4-13(16-3)12(15-2)9-10-6-5-7-11(14)8-10/h5-8,12-13,15H,4,9H2,1-3H3. The predicted molar refractivity (Wildman–Crippen MR) is 69.1 cm³/mol. The van der Waals surface area contributed by atoms with Gasteiger partial charge in [-0.2, -0.15) is 0 Å². The van der Waals surface area contributed by atoms with Crippen LogP contribution in [0.1, 0.15) is 18.9 Å². The van der Waals surface area contributed by atoms with Crippen LogP contribution < -0.4 is 5.32 Å². The molecule has 90 valence electrons. The molecular formula is C13H20ClNO. The maximum absolute atomic E-state index is 5.97. The zero-order valence-corrected chi connectivity index (χ0v) is 10.9. The number of ether oxygens (including phenoxy) is 1. The number of nitrogens with one attached hydrogen (secondary N) is 1. The lowest BCUT2D eigenvalue weighted by Crippen LogP contribution is -2.40. The molecule has 1 aromatic carbocycles. The van der Waals surface area contributed by atoms with Gasteiger partial charge < -0.3 is 10.1 Å². The molecule has 0 heterocycles. The van der Waals surface area contributed by atoms with Gasteiger partial charge in [-0.1, -0.05) is 30.7 Å². The Kier molecular flexibility index (Phi) is 5.81. The monoisotopic (exact) mass is 241 g/mol. The molecule has 0 aromatic heterocycles. The molecule has 16 heavy (non-hydrogen) atoms. The summed E-state index contributed by atoms with van der Waals surface area (Å²) >= 11 is 5.97. The second-order valence-corrected chi connectivity index (χ2v) is 4.35. The Bertz CT molecular complexity index is 313. The van der Waals surface area contributed by atoms with Gasteiger partial charge in [-0.25, -0.2) is 0 Å². The van der Waals surface area contributed by atoms with E-state index in [0.717, 1.165) is 17.9 Å². The molecule has 2 nitrogen and oxygen atoms in total. The second-order valence-electron chi connectivity index (χ2n) is 3.91. The summed E-state index contributed by atoms with van der Waals surface area (Å²) in [6.07, 6.45) is 2.18. The van der Waals surface area contributed by atoms with E-state index in [2.05, 4.69) is 18.3 Å². The van der Waals surface area contributed by atoms with Crippen LogP contribution in [0.25, 0.3) is 0 Å². The van der Waals surface area contributed by atoms with Crippen molar-refractivity contribution < 1.29 is 4.74 Å². The summed E-state index contributed by atoms with van der Waals surface area (Å²) in [4.78, 5) is 0. The predicted octanol–water partition coefficient (Wildman–Crippen LogP) is 2.90. The van der Waals surface area contributed by atoms with Gasteiger partial charge in [-0.3, -0.25) is 0 Å². The van der Waals surface area contributed by atoms with Crippen LogP contribution in [0.2, 0.25) is 5.02 Å². The van der Waals surface area contributed by atoms with Gasteiger partial charge in [0, 0.05) is 18.2 Å². The zero-order valence-electron chi connectivity index (χ0n) is 10.2. The smallest absolute Gasteiger partial charge is 0.0724 e. The zero-order chi connectivity index (χ0) is 12.0. The Morgan fingerprint density at radius 1 is 1.44 bits per heavy atom. The average molecular weight is 242 g/mol. The number of likely N-dealkylation sites (N-methyl/N-ethyl adjacent to an activating group) is 1. The fourth-order valence-electron chi connectivity index (χ4n) is 1.95. The molecule has 1 rings (SSSR count). The minimum Gasteiger partial charge on any atom is -0.380 e. The summed E-state index contributed by atoms with van der Waals surface area (Å²) in [6, 6.07) is 8.31. The number of hydrogen-bond donors (Lipinski definition) is 1. The lowest BCUT2D eigenvalue weighted by molar-refractivity contribution is 0.0678. The van der Waals surface area contributed by atoms with Crippen molar-refractivity contribution >= 4 is 11.6 Å². The number of halogens is 1. The fraction of sp³-hybridized carbons (Fsp3) is 0.538. The lowest BCUT2D eigenvalue weighted by atomic mass is 10.00. The van der Waals surface area contributed by atoms with Crippen molar-refractivity contribution in [1.29, 1.82) is 0 Å². The molecule has 2 atom stereocenters. The minimum atomic E-state index is 0.240. The minimum absolute atomic E-state index is 0.240. The van der Waals surface area contributed by atoms with Crippen molar-refractivity contribution in [3.05, 3.63) is 34.9 Å². The van der Waals surface area contributed by atoms with Gasteiger partial charge in [0.25, 0.3) is 0 Å². The molecule has 0 bridgehead atoms. The Morgan fingerprint density at radius 2 is 2.19 bits per heavy atom. The first-order valence-electron chi connectivity index (χ1n) is 5.65. The topological polar surface area (TPSA) is 21.3 Å². The summed E-state index contributed by atoms with van der Waals surface area (Å²) in [5, 5.41) is 4.09. The SMILES string of the molecule is CCC(OC)C(Cc1cccc(Cl)c1)NC. The van der Waals surface area contributed by atoms with Gasteiger partial charge in [0.2, 0.25) is 0 Å². The molecule has 0 fully saturated rings. The second kappa shape index (κ2) is 6.89. The van der Waals surface area contributed by atoms with Crippen LogP contribution in [0, 0.1) is 0 Å². The van der Waals surface area contributed by atoms with Gasteiger partial charge in [-0.15, -0.1) is 0 Å². The van der Waals surface area contributed by atoms with E-state index in [4.69, 9.17) is 16.3 Å². The number of benzene rings is 1. The molecule has 3 heteroatoms. The molecule has 1 aromatic rings. The molecule has 0 spiro atoms. The Morgan fingerprint density at radius 3 is 2.69 bits per heavy atom. The third-order valence-electron chi connectivity index (χ3n) is 2.87. The number of rotatable bonds is 6. The third kappa shape index (κ3) is 3.78. The highest BCUT2D eigenvalue weighted by molar-refractivity contribution is 6.30. The van der Waals surface area contributed by atoms with Crippen molar-refractivity contribution in [3.8, 4) is 0 Å². The van der Waals surface area contributed by atoms with Crippen molar-refractivity contribution in [3.63, 3.8) is 0 Å². The first-order chi connectivity index (χ1) is 7.71. The van der Waals surface area contributed by atoms with Crippen molar-refractivity contribution in [2.75, 3.05) is 14.2 Å². The van der Waals surface area contributed by atoms with Crippen LogP contribution in [0.15, 0.2) is 24.3 Å². The van der Waals surface area contributed by atoms with E-state index in [0.29, 0.717) is 6.04 Å². The summed E-state index contributed by atoms with van der Waals surface area (Å²) in [6.45, 7) is 2.14. The Labute approximate surface area is 103 Å². The van der Waals surface area contributed by atoms with Crippen LogP contribution in [0.3, 0.4) is 0 Å². The van der Waals surface area contributed by atoms with Crippen molar-refractivity contribution in [2.45, 2.75) is 31.9 Å². The Hall–Kier alpha value is -0.570. The van der Waals surface area contributed by atoms with E-state index in [1.165, 1.54) is 5.56 Å². The van der Waals surface area contributed by atoms with Crippen LogP contribution in [-0.4, -0.2) is 26.3 Å². The average Bonchev–Trinajstić information content (AvgIpc) is 2.29. The number of hydrogen-bond acceptors (Lipinski definition) is 2. The molecule has 0 aliphatic heterocycles. The highest BCUT2D eigenvalue weighted by Crippen LogP contribution is 2.15. The normalized spacial score (nSPS) is 14.8. The van der Waals surface area contributed by atoms with E-state index in [-0.39, 0.29) is 6.10 Å². The van der Waals surface area contributed by atoms with E-state index in [9.17, 15) is 0 Å². The first kappa shape index (κ1) is 13.5. The highest BCUT2D eigenvalue weighted by atomic mass is 35.5. The summed E-state index contributed by atoms with van der Waals surface area (Å²) < 4.78 is 5.46. The third-order valence-corrected chi connectivity index (χ3v) is 3.10. The summed E-state index contributed by atoms with van der Waals surface area (Å²) in [7, 11) is 3.73. The number of methoxy groups -OCH3 is 1. The largest absolute Gasteiger partial charge is 0.380 e. The lowest BCUT2D eigenvalue weighted by Gasteiger charge is -2.24. The van der Waals surface area contributed by atoms with Crippen LogP contribution in [0.5, 0.6) is 0 Å². The van der Waals surface area contributed by atoms with Crippen molar-refractivity contribution in [2.24, 2.45) is 0 Å².